The molecular weight excluding hydrogens is 252 g/mol. The van der Waals surface area contributed by atoms with Crippen LogP contribution in [0, 0.1) is 0 Å². The number of carbonyl (C=O) groups excluding carboxylic acids is 1. The Hall–Kier alpha value is -1.55. The number of nitrogens with two attached hydrogens (primary N) is 1. The van der Waals surface area contributed by atoms with Crippen molar-refractivity contribution < 1.29 is 9.53 Å². The fourth-order valence-corrected chi connectivity index (χ4v) is 3.15. The lowest BCUT2D eigenvalue weighted by atomic mass is 9.81. The normalized spacial score (nSPS) is 21.4. The molecule has 1 aliphatic rings. The summed E-state index contributed by atoms with van der Waals surface area (Å²) < 4.78 is 5.67. The SMILES string of the molecule is CC1(C)CC(OC(=O)c2ccc(N)cc2)CC(C)(C)N1. The Morgan fingerprint density at radius 2 is 1.65 bits per heavy atom. The Morgan fingerprint density at radius 1 is 1.15 bits per heavy atom. The maximum Gasteiger partial charge on any atom is 0.338 e. The second-order valence-electron chi connectivity index (χ2n) is 6.95. The van der Waals surface area contributed by atoms with E-state index in [4.69, 9.17) is 10.5 Å². The smallest absolute Gasteiger partial charge is 0.338 e. The molecule has 0 atom stereocenters. The van der Waals surface area contributed by atoms with Gasteiger partial charge in [-0.1, -0.05) is 0 Å². The number of hydrogen-bond acceptors (Lipinski definition) is 4. The van der Waals surface area contributed by atoms with Gasteiger partial charge < -0.3 is 15.8 Å². The van der Waals surface area contributed by atoms with E-state index in [2.05, 4.69) is 33.0 Å². The molecule has 4 heteroatoms. The second-order valence-corrected chi connectivity index (χ2v) is 6.95. The minimum Gasteiger partial charge on any atom is -0.459 e. The van der Waals surface area contributed by atoms with Crippen LogP contribution >= 0.6 is 0 Å². The van der Waals surface area contributed by atoms with Gasteiger partial charge in [-0.25, -0.2) is 4.79 Å². The van der Waals surface area contributed by atoms with Crippen molar-refractivity contribution in [1.82, 2.24) is 5.32 Å². The number of nitrogen functional groups attached to an aromatic ring is 1. The highest BCUT2D eigenvalue weighted by Crippen LogP contribution is 2.30. The van der Waals surface area contributed by atoms with Gasteiger partial charge in [-0.05, 0) is 52.0 Å². The van der Waals surface area contributed by atoms with Gasteiger partial charge in [-0.2, -0.15) is 0 Å². The van der Waals surface area contributed by atoms with E-state index in [1.807, 2.05) is 0 Å². The predicted octanol–water partition coefficient (Wildman–Crippen LogP) is 2.73. The number of esters is 1. The molecule has 0 unspecified atom stereocenters. The molecule has 1 heterocycles. The van der Waals surface area contributed by atoms with Gasteiger partial charge in [0, 0.05) is 29.6 Å². The first-order valence-electron chi connectivity index (χ1n) is 7.03. The minimum absolute atomic E-state index is 0.0339. The van der Waals surface area contributed by atoms with Crippen LogP contribution in [0.25, 0.3) is 0 Å². The molecule has 0 aliphatic carbocycles. The molecule has 0 spiro atoms. The topological polar surface area (TPSA) is 64.3 Å². The summed E-state index contributed by atoms with van der Waals surface area (Å²) in [5.41, 5.74) is 6.75. The maximum absolute atomic E-state index is 12.2. The molecule has 0 radical (unpaired) electrons. The van der Waals surface area contributed by atoms with Crippen molar-refractivity contribution in [3.63, 3.8) is 0 Å². The predicted molar refractivity (Wildman–Crippen MR) is 80.6 cm³/mol. The van der Waals surface area contributed by atoms with Crippen LogP contribution in [0.15, 0.2) is 24.3 Å². The molecule has 110 valence electrons. The molecular formula is C16H24N2O2. The van der Waals surface area contributed by atoms with Crippen LogP contribution < -0.4 is 11.1 Å². The highest BCUT2D eigenvalue weighted by molar-refractivity contribution is 5.89. The lowest BCUT2D eigenvalue weighted by Crippen LogP contribution is -2.59. The van der Waals surface area contributed by atoms with Gasteiger partial charge in [0.25, 0.3) is 0 Å². The summed E-state index contributed by atoms with van der Waals surface area (Å²) in [7, 11) is 0. The molecule has 0 saturated carbocycles. The van der Waals surface area contributed by atoms with Crippen LogP contribution in [0.2, 0.25) is 0 Å². The number of anilines is 1. The molecule has 0 bridgehead atoms. The standard InChI is InChI=1S/C16H24N2O2/c1-15(2)9-13(10-16(3,4)18-15)20-14(19)11-5-7-12(17)8-6-11/h5-8,13,18H,9-10,17H2,1-4H3. The van der Waals surface area contributed by atoms with Crippen LogP contribution in [0.4, 0.5) is 5.69 Å². The van der Waals surface area contributed by atoms with Crippen molar-refractivity contribution in [2.45, 2.75) is 57.7 Å². The third-order valence-corrected chi connectivity index (χ3v) is 3.57. The van der Waals surface area contributed by atoms with E-state index in [-0.39, 0.29) is 23.2 Å². The zero-order valence-corrected chi connectivity index (χ0v) is 12.7. The molecule has 0 amide bonds. The molecule has 1 aliphatic heterocycles. The van der Waals surface area contributed by atoms with E-state index in [1.165, 1.54) is 0 Å². The van der Waals surface area contributed by atoms with E-state index in [9.17, 15) is 4.79 Å². The van der Waals surface area contributed by atoms with Crippen molar-refractivity contribution in [3.05, 3.63) is 29.8 Å². The Kier molecular flexibility index (Phi) is 3.78. The first-order chi connectivity index (χ1) is 9.17. The third kappa shape index (κ3) is 3.73. The number of rotatable bonds is 2. The number of ether oxygens (including phenoxy) is 1. The van der Waals surface area contributed by atoms with Gasteiger partial charge in [-0.3, -0.25) is 0 Å². The molecule has 0 aromatic heterocycles. The number of nitrogens with one attached hydrogen (secondary N) is 1. The molecule has 4 nitrogen and oxygen atoms in total. The number of benzene rings is 1. The highest BCUT2D eigenvalue weighted by atomic mass is 16.5. The summed E-state index contributed by atoms with van der Waals surface area (Å²) >= 11 is 0. The monoisotopic (exact) mass is 276 g/mol. The Labute approximate surface area is 120 Å². The third-order valence-electron chi connectivity index (χ3n) is 3.57. The number of hydrogen-bond donors (Lipinski definition) is 2. The molecule has 1 fully saturated rings. The van der Waals surface area contributed by atoms with E-state index in [1.54, 1.807) is 24.3 Å². The van der Waals surface area contributed by atoms with Crippen LogP contribution in [-0.4, -0.2) is 23.2 Å². The zero-order chi connectivity index (χ0) is 15.0. The Balaban J connectivity index is 2.05. The summed E-state index contributed by atoms with van der Waals surface area (Å²) in [5, 5.41) is 3.57. The fourth-order valence-electron chi connectivity index (χ4n) is 3.15. The first kappa shape index (κ1) is 14.9. The van der Waals surface area contributed by atoms with Gasteiger partial charge >= 0.3 is 5.97 Å². The van der Waals surface area contributed by atoms with Crippen LogP contribution in [0.3, 0.4) is 0 Å². The zero-order valence-electron chi connectivity index (χ0n) is 12.7. The molecule has 3 N–H and O–H groups in total. The molecule has 1 aromatic carbocycles. The lowest BCUT2D eigenvalue weighted by Gasteiger charge is -2.45. The largest absolute Gasteiger partial charge is 0.459 e. The van der Waals surface area contributed by atoms with Gasteiger partial charge in [0.15, 0.2) is 0 Å². The van der Waals surface area contributed by atoms with Gasteiger partial charge in [0.1, 0.15) is 6.10 Å². The summed E-state index contributed by atoms with van der Waals surface area (Å²) in [5.74, 6) is -0.275. The molecule has 20 heavy (non-hydrogen) atoms. The van der Waals surface area contributed by atoms with Crippen molar-refractivity contribution in [3.8, 4) is 0 Å². The Morgan fingerprint density at radius 3 is 2.15 bits per heavy atom. The van der Waals surface area contributed by atoms with Gasteiger partial charge in [0.05, 0.1) is 5.56 Å². The highest BCUT2D eigenvalue weighted by Gasteiger charge is 2.39. The van der Waals surface area contributed by atoms with Gasteiger partial charge in [0.2, 0.25) is 0 Å². The van der Waals surface area contributed by atoms with Gasteiger partial charge in [-0.15, -0.1) is 0 Å². The number of piperidine rings is 1. The second kappa shape index (κ2) is 5.09. The molecule has 1 saturated heterocycles. The summed E-state index contributed by atoms with van der Waals surface area (Å²) in [4.78, 5) is 12.2. The van der Waals surface area contributed by atoms with E-state index in [0.717, 1.165) is 12.8 Å². The Bertz CT molecular complexity index is 476. The first-order valence-corrected chi connectivity index (χ1v) is 7.03. The van der Waals surface area contributed by atoms with Crippen LogP contribution in [0.1, 0.15) is 50.9 Å². The molecule has 1 aromatic rings. The lowest BCUT2D eigenvalue weighted by molar-refractivity contribution is -0.00637. The quantitative estimate of drug-likeness (QED) is 0.644. The molecule has 2 rings (SSSR count). The van der Waals surface area contributed by atoms with Crippen LogP contribution in [-0.2, 0) is 4.74 Å². The average molecular weight is 276 g/mol. The van der Waals surface area contributed by atoms with Crippen LogP contribution in [0.5, 0.6) is 0 Å². The summed E-state index contributed by atoms with van der Waals surface area (Å²) in [6.07, 6.45) is 1.57. The van der Waals surface area contributed by atoms with Crippen molar-refractivity contribution in [2.24, 2.45) is 0 Å². The fraction of sp³-hybridized carbons (Fsp3) is 0.562. The van der Waals surface area contributed by atoms with E-state index >= 15 is 0 Å². The summed E-state index contributed by atoms with van der Waals surface area (Å²) in [6.45, 7) is 8.55. The van der Waals surface area contributed by atoms with Crippen molar-refractivity contribution >= 4 is 11.7 Å². The van der Waals surface area contributed by atoms with E-state index < -0.39 is 0 Å². The van der Waals surface area contributed by atoms with E-state index in [0.29, 0.717) is 11.3 Å². The maximum atomic E-state index is 12.2. The van der Waals surface area contributed by atoms with Crippen molar-refractivity contribution in [2.75, 3.05) is 5.73 Å². The number of carbonyl (C=O) groups is 1. The minimum atomic E-state index is -0.275. The van der Waals surface area contributed by atoms with Crippen molar-refractivity contribution in [1.29, 1.82) is 0 Å². The summed E-state index contributed by atoms with van der Waals surface area (Å²) in [6, 6.07) is 6.84. The average Bonchev–Trinajstić information content (AvgIpc) is 2.25.